The Morgan fingerprint density at radius 3 is 2.69 bits per heavy atom. The zero-order chi connectivity index (χ0) is 20.8. The molecule has 0 saturated carbocycles. The van der Waals surface area contributed by atoms with Crippen LogP contribution in [0.15, 0.2) is 58.2 Å². The van der Waals surface area contributed by atoms with Crippen molar-refractivity contribution in [3.63, 3.8) is 0 Å². The predicted molar refractivity (Wildman–Crippen MR) is 104 cm³/mol. The molecule has 0 aliphatic rings. The normalized spacial score (nSPS) is 10.4. The number of halogens is 1. The molecule has 1 heterocycles. The van der Waals surface area contributed by atoms with Gasteiger partial charge in [0, 0.05) is 28.3 Å². The molecule has 1 aromatic heterocycles. The number of nitrogens with zero attached hydrogens (tertiary/aromatic N) is 3. The zero-order valence-corrected chi connectivity index (χ0v) is 16.1. The predicted octanol–water partition coefficient (Wildman–Crippen LogP) is 2.85. The molecule has 0 spiro atoms. The molecule has 2 aromatic carbocycles. The standard InChI is InChI=1S/C17H12ClN5O5S/c18-12-5-1-4-11(7-12)16-21-22-17(28-16)29-9-14(24)19-20-15(25)10-3-2-6-13(8-10)23(26)27/h1-8H,9H2,(H,19,24)(H,20,25). The second kappa shape index (κ2) is 9.17. The van der Waals surface area contributed by atoms with Crippen molar-refractivity contribution < 1.29 is 18.9 Å². The van der Waals surface area contributed by atoms with Crippen LogP contribution in [0, 0.1) is 10.1 Å². The maximum absolute atomic E-state index is 12.0. The molecule has 3 rings (SSSR count). The van der Waals surface area contributed by atoms with Crippen molar-refractivity contribution in [2.75, 3.05) is 5.75 Å². The van der Waals surface area contributed by atoms with Crippen LogP contribution in [-0.2, 0) is 4.79 Å². The third-order valence-corrected chi connectivity index (χ3v) is 4.49. The topological polar surface area (TPSA) is 140 Å². The molecule has 148 valence electrons. The van der Waals surface area contributed by atoms with Gasteiger partial charge >= 0.3 is 0 Å². The lowest BCUT2D eigenvalue weighted by Gasteiger charge is -2.06. The second-order valence-electron chi connectivity index (χ2n) is 5.48. The number of hydrogen-bond donors (Lipinski definition) is 2. The van der Waals surface area contributed by atoms with Gasteiger partial charge in [0.15, 0.2) is 0 Å². The third-order valence-electron chi connectivity index (χ3n) is 3.44. The second-order valence-corrected chi connectivity index (χ2v) is 6.84. The molecule has 0 radical (unpaired) electrons. The van der Waals surface area contributed by atoms with Gasteiger partial charge in [0.1, 0.15) is 0 Å². The van der Waals surface area contributed by atoms with E-state index in [1.165, 1.54) is 18.2 Å². The molecule has 0 fully saturated rings. The van der Waals surface area contributed by atoms with Gasteiger partial charge in [-0.25, -0.2) is 0 Å². The Kier molecular flexibility index (Phi) is 6.42. The van der Waals surface area contributed by atoms with Crippen molar-refractivity contribution in [1.29, 1.82) is 0 Å². The SMILES string of the molecule is O=C(CSc1nnc(-c2cccc(Cl)c2)o1)NNC(=O)c1cccc([N+](=O)[O-])c1. The summed E-state index contributed by atoms with van der Waals surface area (Å²) < 4.78 is 5.46. The number of nitrogens with one attached hydrogen (secondary N) is 2. The number of aromatic nitrogens is 2. The molecule has 0 bridgehead atoms. The molecule has 2 amide bonds. The number of carbonyl (C=O) groups is 2. The molecule has 2 N–H and O–H groups in total. The molecule has 0 saturated heterocycles. The Balaban J connectivity index is 1.50. The lowest BCUT2D eigenvalue weighted by Crippen LogP contribution is -2.42. The summed E-state index contributed by atoms with van der Waals surface area (Å²) in [5.74, 6) is -1.06. The van der Waals surface area contributed by atoms with Crippen LogP contribution in [0.25, 0.3) is 11.5 Å². The van der Waals surface area contributed by atoms with Crippen LogP contribution in [0.5, 0.6) is 0 Å². The van der Waals surface area contributed by atoms with Crippen molar-refractivity contribution in [3.8, 4) is 11.5 Å². The van der Waals surface area contributed by atoms with Crippen LogP contribution >= 0.6 is 23.4 Å². The number of non-ortho nitro benzene ring substituents is 1. The molecule has 0 atom stereocenters. The number of hydrogen-bond acceptors (Lipinski definition) is 8. The Labute approximate surface area is 172 Å². The van der Waals surface area contributed by atoms with E-state index in [-0.39, 0.29) is 28.1 Å². The number of carbonyl (C=O) groups excluding carboxylic acids is 2. The average molecular weight is 434 g/mol. The van der Waals surface area contributed by atoms with Crippen LogP contribution in [-0.4, -0.2) is 32.7 Å². The summed E-state index contributed by atoms with van der Waals surface area (Å²) >= 11 is 6.89. The molecule has 12 heteroatoms. The summed E-state index contributed by atoms with van der Waals surface area (Å²) in [5.41, 5.74) is 4.84. The maximum atomic E-state index is 12.0. The molecule has 10 nitrogen and oxygen atoms in total. The van der Waals surface area contributed by atoms with E-state index in [1.54, 1.807) is 24.3 Å². The number of hydrazine groups is 1. The highest BCUT2D eigenvalue weighted by Crippen LogP contribution is 2.24. The Morgan fingerprint density at radius 2 is 1.93 bits per heavy atom. The molecule has 3 aromatic rings. The number of thioether (sulfide) groups is 1. The summed E-state index contributed by atoms with van der Waals surface area (Å²) in [7, 11) is 0. The minimum Gasteiger partial charge on any atom is -0.411 e. The summed E-state index contributed by atoms with van der Waals surface area (Å²) in [6, 6.07) is 12.0. The molecule has 0 aliphatic carbocycles. The lowest BCUT2D eigenvalue weighted by atomic mass is 10.2. The van der Waals surface area contributed by atoms with Crippen LogP contribution in [0.2, 0.25) is 5.02 Å². The van der Waals surface area contributed by atoms with E-state index in [9.17, 15) is 19.7 Å². The van der Waals surface area contributed by atoms with Crippen molar-refractivity contribution in [1.82, 2.24) is 21.0 Å². The fourth-order valence-corrected chi connectivity index (χ4v) is 2.88. The highest BCUT2D eigenvalue weighted by atomic mass is 35.5. The summed E-state index contributed by atoms with van der Waals surface area (Å²) in [6.07, 6.45) is 0. The first kappa shape index (κ1) is 20.3. The quantitative estimate of drug-likeness (QED) is 0.343. The number of nitro benzene ring substituents is 1. The van der Waals surface area contributed by atoms with E-state index in [0.29, 0.717) is 10.6 Å². The van der Waals surface area contributed by atoms with Crippen molar-refractivity contribution in [2.45, 2.75) is 5.22 Å². The minimum atomic E-state index is -0.687. The molecule has 0 unspecified atom stereocenters. The highest BCUT2D eigenvalue weighted by Gasteiger charge is 2.14. The average Bonchev–Trinajstić information content (AvgIpc) is 3.19. The first-order valence-corrected chi connectivity index (χ1v) is 9.34. The summed E-state index contributed by atoms with van der Waals surface area (Å²) in [4.78, 5) is 34.0. The van der Waals surface area contributed by atoms with Gasteiger partial charge in [0.2, 0.25) is 11.8 Å². The van der Waals surface area contributed by atoms with Gasteiger partial charge in [-0.2, -0.15) is 0 Å². The van der Waals surface area contributed by atoms with Gasteiger partial charge in [-0.3, -0.25) is 30.6 Å². The van der Waals surface area contributed by atoms with Crippen molar-refractivity contribution >= 4 is 40.9 Å². The Bertz CT molecular complexity index is 1070. The zero-order valence-electron chi connectivity index (χ0n) is 14.5. The van der Waals surface area contributed by atoms with Crippen molar-refractivity contribution in [3.05, 3.63) is 69.2 Å². The Hall–Kier alpha value is -3.44. The first-order valence-electron chi connectivity index (χ1n) is 7.98. The first-order chi connectivity index (χ1) is 13.9. The molecule has 29 heavy (non-hydrogen) atoms. The van der Waals surface area contributed by atoms with Crippen LogP contribution in [0.3, 0.4) is 0 Å². The number of amides is 2. The minimum absolute atomic E-state index is 0.0372. The van der Waals surface area contributed by atoms with E-state index < -0.39 is 16.7 Å². The van der Waals surface area contributed by atoms with E-state index in [4.69, 9.17) is 16.0 Å². The number of nitro groups is 1. The monoisotopic (exact) mass is 433 g/mol. The Morgan fingerprint density at radius 1 is 1.14 bits per heavy atom. The van der Waals surface area contributed by atoms with Crippen LogP contribution in [0.4, 0.5) is 5.69 Å². The fourth-order valence-electron chi connectivity index (χ4n) is 2.13. The van der Waals surface area contributed by atoms with Crippen molar-refractivity contribution in [2.24, 2.45) is 0 Å². The van der Waals surface area contributed by atoms with Gasteiger partial charge in [0.25, 0.3) is 16.8 Å². The van der Waals surface area contributed by atoms with E-state index in [1.807, 2.05) is 0 Å². The van der Waals surface area contributed by atoms with Gasteiger partial charge in [-0.15, -0.1) is 10.2 Å². The van der Waals surface area contributed by atoms with Crippen LogP contribution < -0.4 is 10.9 Å². The van der Waals surface area contributed by atoms with Gasteiger partial charge in [-0.1, -0.05) is 35.5 Å². The van der Waals surface area contributed by atoms with Gasteiger partial charge in [-0.05, 0) is 24.3 Å². The highest BCUT2D eigenvalue weighted by molar-refractivity contribution is 7.99. The largest absolute Gasteiger partial charge is 0.411 e. The third kappa shape index (κ3) is 5.53. The number of benzene rings is 2. The maximum Gasteiger partial charge on any atom is 0.277 e. The van der Waals surface area contributed by atoms with E-state index in [0.717, 1.165) is 17.8 Å². The summed E-state index contributed by atoms with van der Waals surface area (Å²) in [6.45, 7) is 0. The van der Waals surface area contributed by atoms with Crippen LogP contribution in [0.1, 0.15) is 10.4 Å². The fraction of sp³-hybridized carbons (Fsp3) is 0.0588. The van der Waals surface area contributed by atoms with Gasteiger partial charge < -0.3 is 4.42 Å². The summed E-state index contributed by atoms with van der Waals surface area (Å²) in [5, 5.41) is 19.2. The molecular formula is C17H12ClN5O5S. The smallest absolute Gasteiger partial charge is 0.277 e. The molecular weight excluding hydrogens is 422 g/mol. The van der Waals surface area contributed by atoms with E-state index >= 15 is 0 Å². The lowest BCUT2D eigenvalue weighted by molar-refractivity contribution is -0.384. The molecule has 0 aliphatic heterocycles. The number of rotatable bonds is 6. The van der Waals surface area contributed by atoms with Gasteiger partial charge in [0.05, 0.1) is 10.7 Å². The van der Waals surface area contributed by atoms with E-state index in [2.05, 4.69) is 21.0 Å².